The highest BCUT2D eigenvalue weighted by Crippen LogP contribution is 2.32. The first kappa shape index (κ1) is 12.7. The average molecular weight is 271 g/mol. The number of benzene rings is 1. The molecule has 2 heterocycles. The molecule has 5 heteroatoms. The van der Waals surface area contributed by atoms with Crippen LogP contribution in [0.1, 0.15) is 29.0 Å². The monoisotopic (exact) mass is 271 g/mol. The number of nitrogens with zero attached hydrogens (tertiary/aromatic N) is 3. The summed E-state index contributed by atoms with van der Waals surface area (Å²) in [5, 5.41) is 4.19. The number of fused-ring (bicyclic) bond motifs is 1. The number of rotatable bonds is 1. The number of carbonyl (C=O) groups excluding carboxylic acids is 1. The lowest BCUT2D eigenvalue weighted by Gasteiger charge is -2.26. The van der Waals surface area contributed by atoms with Gasteiger partial charge in [-0.15, -0.1) is 0 Å². The van der Waals surface area contributed by atoms with Crippen molar-refractivity contribution >= 4 is 5.91 Å². The highest BCUT2D eigenvalue weighted by atomic mass is 16.5. The summed E-state index contributed by atoms with van der Waals surface area (Å²) in [5.41, 5.74) is 1.51. The van der Waals surface area contributed by atoms with Gasteiger partial charge in [0.2, 0.25) is 0 Å². The van der Waals surface area contributed by atoms with Crippen LogP contribution in [-0.4, -0.2) is 33.7 Å². The maximum atomic E-state index is 12.6. The van der Waals surface area contributed by atoms with Crippen molar-refractivity contribution in [1.29, 1.82) is 0 Å². The molecule has 0 radical (unpaired) electrons. The SMILES string of the molecule is CC1c2ccccc2OCCN1C(=O)c1ccn(C)n1. The Labute approximate surface area is 117 Å². The molecule has 2 aromatic rings. The zero-order valence-corrected chi connectivity index (χ0v) is 11.6. The van der Waals surface area contributed by atoms with Crippen LogP contribution in [0, 0.1) is 0 Å². The molecule has 5 nitrogen and oxygen atoms in total. The summed E-state index contributed by atoms with van der Waals surface area (Å²) < 4.78 is 7.36. The Morgan fingerprint density at radius 3 is 2.90 bits per heavy atom. The van der Waals surface area contributed by atoms with Crippen molar-refractivity contribution in [3.63, 3.8) is 0 Å². The number of ether oxygens (including phenoxy) is 1. The molecule has 0 saturated heterocycles. The fourth-order valence-electron chi connectivity index (χ4n) is 2.53. The first-order chi connectivity index (χ1) is 9.66. The number of carbonyl (C=O) groups is 1. The van der Waals surface area contributed by atoms with E-state index in [9.17, 15) is 4.79 Å². The Bertz CT molecular complexity index is 636. The topological polar surface area (TPSA) is 47.4 Å². The van der Waals surface area contributed by atoms with Crippen molar-refractivity contribution in [1.82, 2.24) is 14.7 Å². The Hall–Kier alpha value is -2.30. The van der Waals surface area contributed by atoms with Crippen molar-refractivity contribution < 1.29 is 9.53 Å². The van der Waals surface area contributed by atoms with Crippen molar-refractivity contribution in [2.75, 3.05) is 13.2 Å². The highest BCUT2D eigenvalue weighted by molar-refractivity contribution is 5.92. The molecule has 1 atom stereocenters. The van der Waals surface area contributed by atoms with Crippen LogP contribution < -0.4 is 4.74 Å². The van der Waals surface area contributed by atoms with Crippen molar-refractivity contribution in [3.8, 4) is 5.75 Å². The summed E-state index contributed by atoms with van der Waals surface area (Å²) in [5.74, 6) is 0.801. The standard InChI is InChI=1S/C15H17N3O2/c1-11-12-5-3-4-6-14(12)20-10-9-18(11)15(19)13-7-8-17(2)16-13/h3-8,11H,9-10H2,1-2H3. The number of hydrogen-bond acceptors (Lipinski definition) is 3. The fourth-order valence-corrected chi connectivity index (χ4v) is 2.53. The second-order valence-corrected chi connectivity index (χ2v) is 4.94. The lowest BCUT2D eigenvalue weighted by atomic mass is 10.1. The Morgan fingerprint density at radius 1 is 1.35 bits per heavy atom. The van der Waals surface area contributed by atoms with Crippen LogP contribution in [0.5, 0.6) is 5.75 Å². The largest absolute Gasteiger partial charge is 0.491 e. The van der Waals surface area contributed by atoms with Gasteiger partial charge in [-0.3, -0.25) is 9.48 Å². The van der Waals surface area contributed by atoms with Gasteiger partial charge in [0.25, 0.3) is 5.91 Å². The summed E-state index contributed by atoms with van der Waals surface area (Å²) in [7, 11) is 1.81. The minimum Gasteiger partial charge on any atom is -0.491 e. The molecule has 0 spiro atoms. The van der Waals surface area contributed by atoms with E-state index in [0.717, 1.165) is 11.3 Å². The average Bonchev–Trinajstić information content (AvgIpc) is 2.82. The molecule has 3 rings (SSSR count). The number of para-hydroxylation sites is 1. The first-order valence-electron chi connectivity index (χ1n) is 6.69. The molecule has 1 aromatic carbocycles. The normalized spacial score (nSPS) is 18.1. The van der Waals surface area contributed by atoms with E-state index in [2.05, 4.69) is 5.10 Å². The maximum Gasteiger partial charge on any atom is 0.274 e. The molecule has 104 valence electrons. The number of hydrogen-bond donors (Lipinski definition) is 0. The van der Waals surface area contributed by atoms with Gasteiger partial charge in [-0.1, -0.05) is 18.2 Å². The lowest BCUT2D eigenvalue weighted by Crippen LogP contribution is -2.35. The van der Waals surface area contributed by atoms with Crippen LogP contribution in [0.25, 0.3) is 0 Å². The van der Waals surface area contributed by atoms with Crippen LogP contribution in [0.2, 0.25) is 0 Å². The predicted molar refractivity (Wildman–Crippen MR) is 74.6 cm³/mol. The van der Waals surface area contributed by atoms with Crippen molar-refractivity contribution in [2.45, 2.75) is 13.0 Å². The molecule has 0 N–H and O–H groups in total. The zero-order chi connectivity index (χ0) is 14.1. The van der Waals surface area contributed by atoms with Gasteiger partial charge in [-0.25, -0.2) is 0 Å². The Kier molecular flexibility index (Phi) is 3.18. The molecule has 0 aliphatic carbocycles. The summed E-state index contributed by atoms with van der Waals surface area (Å²) in [4.78, 5) is 14.4. The van der Waals surface area contributed by atoms with Gasteiger partial charge >= 0.3 is 0 Å². The molecule has 0 bridgehead atoms. The second kappa shape index (κ2) is 5.00. The van der Waals surface area contributed by atoms with Gasteiger partial charge in [0.1, 0.15) is 18.1 Å². The van der Waals surface area contributed by atoms with Crippen LogP contribution >= 0.6 is 0 Å². The van der Waals surface area contributed by atoms with Gasteiger partial charge < -0.3 is 9.64 Å². The molecule has 0 fully saturated rings. The third-order valence-electron chi connectivity index (χ3n) is 3.62. The predicted octanol–water partition coefficient (Wildman–Crippen LogP) is 2.02. The molecule has 1 aromatic heterocycles. The quantitative estimate of drug-likeness (QED) is 0.797. The third kappa shape index (κ3) is 2.15. The first-order valence-corrected chi connectivity index (χ1v) is 6.69. The van der Waals surface area contributed by atoms with Crippen LogP contribution in [-0.2, 0) is 7.05 Å². The fraction of sp³-hybridized carbons (Fsp3) is 0.333. The Morgan fingerprint density at radius 2 is 2.15 bits per heavy atom. The summed E-state index contributed by atoms with van der Waals surface area (Å²) in [6.07, 6.45) is 1.78. The number of amides is 1. The van der Waals surface area contributed by atoms with Crippen molar-refractivity contribution in [3.05, 3.63) is 47.8 Å². The molecule has 20 heavy (non-hydrogen) atoms. The van der Waals surface area contributed by atoms with E-state index in [-0.39, 0.29) is 11.9 Å². The summed E-state index contributed by atoms with van der Waals surface area (Å²) in [6.45, 7) is 3.08. The summed E-state index contributed by atoms with van der Waals surface area (Å²) >= 11 is 0. The maximum absolute atomic E-state index is 12.6. The minimum absolute atomic E-state index is 0.0248. The highest BCUT2D eigenvalue weighted by Gasteiger charge is 2.28. The third-order valence-corrected chi connectivity index (χ3v) is 3.62. The van der Waals surface area contributed by atoms with E-state index in [1.807, 2.05) is 36.1 Å². The lowest BCUT2D eigenvalue weighted by molar-refractivity contribution is 0.0675. The van der Waals surface area contributed by atoms with E-state index in [1.54, 1.807) is 24.0 Å². The van der Waals surface area contributed by atoms with E-state index in [0.29, 0.717) is 18.8 Å². The van der Waals surface area contributed by atoms with Crippen LogP contribution in [0.15, 0.2) is 36.5 Å². The van der Waals surface area contributed by atoms with Gasteiger partial charge in [0.15, 0.2) is 0 Å². The van der Waals surface area contributed by atoms with E-state index in [4.69, 9.17) is 4.74 Å². The molecule has 1 aliphatic heterocycles. The van der Waals surface area contributed by atoms with Gasteiger partial charge in [-0.05, 0) is 19.1 Å². The van der Waals surface area contributed by atoms with E-state index in [1.165, 1.54) is 0 Å². The van der Waals surface area contributed by atoms with Crippen LogP contribution in [0.3, 0.4) is 0 Å². The number of aryl methyl sites for hydroxylation is 1. The molecule has 1 aliphatic rings. The smallest absolute Gasteiger partial charge is 0.274 e. The zero-order valence-electron chi connectivity index (χ0n) is 11.6. The van der Waals surface area contributed by atoms with Gasteiger partial charge in [-0.2, -0.15) is 5.10 Å². The van der Waals surface area contributed by atoms with Crippen molar-refractivity contribution in [2.24, 2.45) is 7.05 Å². The molecular formula is C15H17N3O2. The van der Waals surface area contributed by atoms with E-state index >= 15 is 0 Å². The number of aromatic nitrogens is 2. The molecule has 0 saturated carbocycles. The Balaban J connectivity index is 1.93. The van der Waals surface area contributed by atoms with Gasteiger partial charge in [0, 0.05) is 18.8 Å². The second-order valence-electron chi connectivity index (χ2n) is 4.94. The van der Waals surface area contributed by atoms with E-state index < -0.39 is 0 Å². The molecule has 1 unspecified atom stereocenters. The minimum atomic E-state index is -0.0570. The van der Waals surface area contributed by atoms with Gasteiger partial charge in [0.05, 0.1) is 12.6 Å². The molecular weight excluding hydrogens is 254 g/mol. The molecule has 1 amide bonds. The van der Waals surface area contributed by atoms with Crippen LogP contribution in [0.4, 0.5) is 0 Å². The summed E-state index contributed by atoms with van der Waals surface area (Å²) in [6, 6.07) is 9.58.